The lowest BCUT2D eigenvalue weighted by molar-refractivity contribution is -0.117. The summed E-state index contributed by atoms with van der Waals surface area (Å²) in [5.74, 6) is 0.391. The summed E-state index contributed by atoms with van der Waals surface area (Å²) < 4.78 is 10.2. The predicted octanol–water partition coefficient (Wildman–Crippen LogP) is 3.43. The monoisotopic (exact) mass is 367 g/mol. The second kappa shape index (κ2) is 7.95. The molecular formula is C21H21NO5. The van der Waals surface area contributed by atoms with Gasteiger partial charge < -0.3 is 19.5 Å². The van der Waals surface area contributed by atoms with Gasteiger partial charge in [0, 0.05) is 24.2 Å². The van der Waals surface area contributed by atoms with Gasteiger partial charge in [-0.05, 0) is 54.5 Å². The predicted molar refractivity (Wildman–Crippen MR) is 103 cm³/mol. The fourth-order valence-corrected chi connectivity index (χ4v) is 3.00. The number of ether oxygens (including phenoxy) is 2. The second-order valence-corrected chi connectivity index (χ2v) is 6.17. The number of ketones is 1. The number of carbonyl (C=O) groups excluding carboxylic acids is 2. The Morgan fingerprint density at radius 1 is 1.11 bits per heavy atom. The van der Waals surface area contributed by atoms with E-state index in [2.05, 4.69) is 0 Å². The van der Waals surface area contributed by atoms with Crippen molar-refractivity contribution in [2.45, 2.75) is 12.8 Å². The molecular weight excluding hydrogens is 346 g/mol. The summed E-state index contributed by atoms with van der Waals surface area (Å²) in [6.07, 6.45) is 4.51. The van der Waals surface area contributed by atoms with Crippen molar-refractivity contribution in [3.63, 3.8) is 0 Å². The Morgan fingerprint density at radius 2 is 1.74 bits per heavy atom. The molecule has 6 nitrogen and oxygen atoms in total. The molecule has 1 aliphatic heterocycles. The van der Waals surface area contributed by atoms with E-state index >= 15 is 0 Å². The zero-order valence-electron chi connectivity index (χ0n) is 15.3. The van der Waals surface area contributed by atoms with Crippen molar-refractivity contribution in [1.29, 1.82) is 0 Å². The zero-order chi connectivity index (χ0) is 19.4. The number of amides is 1. The first-order valence-electron chi connectivity index (χ1n) is 8.61. The number of anilines is 1. The Morgan fingerprint density at radius 3 is 2.26 bits per heavy atom. The number of nitrogens with zero attached hydrogens (tertiary/aromatic N) is 1. The Labute approximate surface area is 157 Å². The first kappa shape index (κ1) is 18.5. The zero-order valence-corrected chi connectivity index (χ0v) is 15.3. The van der Waals surface area contributed by atoms with Gasteiger partial charge in [-0.1, -0.05) is 6.08 Å². The third-order valence-electron chi connectivity index (χ3n) is 4.47. The molecule has 0 radical (unpaired) electrons. The van der Waals surface area contributed by atoms with Crippen LogP contribution in [0.3, 0.4) is 0 Å². The van der Waals surface area contributed by atoms with E-state index in [0.29, 0.717) is 17.5 Å². The van der Waals surface area contributed by atoms with Gasteiger partial charge in [0.2, 0.25) is 11.7 Å². The van der Waals surface area contributed by atoms with Gasteiger partial charge in [0.15, 0.2) is 17.3 Å². The third kappa shape index (κ3) is 3.95. The van der Waals surface area contributed by atoms with Crippen LogP contribution in [-0.2, 0) is 4.79 Å². The minimum absolute atomic E-state index is 0.0875. The number of carbonyl (C=O) groups is 2. The molecule has 1 heterocycles. The topological polar surface area (TPSA) is 76.1 Å². The number of methoxy groups -OCH3 is 2. The Hall–Kier alpha value is -3.28. The standard InChI is InChI=1S/C21H21NO5/c1-26-18-12-14(13-19(27-2)21(18)25)5-10-17(23)15-6-8-16(9-7-15)22-11-3-4-20(22)24/h5-10,12-13,25H,3-4,11H2,1-2H3/b10-5+. The fourth-order valence-electron chi connectivity index (χ4n) is 3.00. The Bertz CT molecular complexity index is 861. The molecule has 0 unspecified atom stereocenters. The largest absolute Gasteiger partial charge is 0.502 e. The Balaban J connectivity index is 1.76. The lowest BCUT2D eigenvalue weighted by atomic mass is 10.1. The van der Waals surface area contributed by atoms with Crippen LogP contribution in [0.1, 0.15) is 28.8 Å². The van der Waals surface area contributed by atoms with Crippen molar-refractivity contribution < 1.29 is 24.2 Å². The average molecular weight is 367 g/mol. The van der Waals surface area contributed by atoms with Crippen LogP contribution < -0.4 is 14.4 Å². The van der Waals surface area contributed by atoms with Crippen LogP contribution in [0.5, 0.6) is 17.2 Å². The minimum atomic E-state index is -0.166. The van der Waals surface area contributed by atoms with Crippen molar-refractivity contribution in [3.8, 4) is 17.2 Å². The highest BCUT2D eigenvalue weighted by atomic mass is 16.5. The van der Waals surface area contributed by atoms with E-state index in [4.69, 9.17) is 9.47 Å². The van der Waals surface area contributed by atoms with Crippen molar-refractivity contribution >= 4 is 23.5 Å². The van der Waals surface area contributed by atoms with Crippen molar-refractivity contribution in [3.05, 3.63) is 53.6 Å². The highest BCUT2D eigenvalue weighted by Crippen LogP contribution is 2.37. The molecule has 27 heavy (non-hydrogen) atoms. The summed E-state index contributed by atoms with van der Waals surface area (Å²) in [6.45, 7) is 0.719. The second-order valence-electron chi connectivity index (χ2n) is 6.17. The van der Waals surface area contributed by atoms with E-state index in [-0.39, 0.29) is 28.9 Å². The molecule has 1 fully saturated rings. The number of rotatable bonds is 6. The van der Waals surface area contributed by atoms with Crippen LogP contribution in [0.25, 0.3) is 6.08 Å². The van der Waals surface area contributed by atoms with E-state index in [1.807, 2.05) is 0 Å². The van der Waals surface area contributed by atoms with Gasteiger partial charge in [-0.2, -0.15) is 0 Å². The van der Waals surface area contributed by atoms with E-state index < -0.39 is 0 Å². The Kier molecular flexibility index (Phi) is 5.45. The first-order valence-corrected chi connectivity index (χ1v) is 8.61. The van der Waals surface area contributed by atoms with Crippen molar-refractivity contribution in [1.82, 2.24) is 0 Å². The van der Waals surface area contributed by atoms with Gasteiger partial charge >= 0.3 is 0 Å². The summed E-state index contributed by atoms with van der Waals surface area (Å²) in [7, 11) is 2.89. The fraction of sp³-hybridized carbons (Fsp3) is 0.238. The SMILES string of the molecule is COc1cc(/C=C/C(=O)c2ccc(N3CCCC3=O)cc2)cc(OC)c1O. The van der Waals surface area contributed by atoms with Crippen LogP contribution >= 0.6 is 0 Å². The van der Waals surface area contributed by atoms with Crippen LogP contribution in [-0.4, -0.2) is 37.6 Å². The maximum absolute atomic E-state index is 12.4. The molecule has 0 saturated carbocycles. The molecule has 140 valence electrons. The molecule has 2 aromatic carbocycles. The van der Waals surface area contributed by atoms with Crippen LogP contribution in [0.15, 0.2) is 42.5 Å². The highest BCUT2D eigenvalue weighted by molar-refractivity contribution is 6.07. The summed E-state index contributed by atoms with van der Waals surface area (Å²) in [5, 5.41) is 9.93. The molecule has 0 aliphatic carbocycles. The summed E-state index contributed by atoms with van der Waals surface area (Å²) in [6, 6.07) is 10.2. The molecule has 0 bridgehead atoms. The molecule has 0 aromatic heterocycles. The van der Waals surface area contributed by atoms with Gasteiger partial charge in [0.1, 0.15) is 0 Å². The maximum atomic E-state index is 12.4. The molecule has 0 spiro atoms. The van der Waals surface area contributed by atoms with E-state index in [1.165, 1.54) is 20.3 Å². The summed E-state index contributed by atoms with van der Waals surface area (Å²) in [4.78, 5) is 25.9. The smallest absolute Gasteiger partial charge is 0.227 e. The van der Waals surface area contributed by atoms with Crippen LogP contribution in [0.2, 0.25) is 0 Å². The molecule has 1 N–H and O–H groups in total. The third-order valence-corrected chi connectivity index (χ3v) is 4.47. The normalized spacial score (nSPS) is 14.0. The molecule has 6 heteroatoms. The minimum Gasteiger partial charge on any atom is -0.502 e. The number of hydrogen-bond donors (Lipinski definition) is 1. The lowest BCUT2D eigenvalue weighted by Crippen LogP contribution is -2.23. The van der Waals surface area contributed by atoms with E-state index in [0.717, 1.165) is 18.7 Å². The number of benzene rings is 2. The number of phenolic OH excluding ortho intramolecular Hbond substituents is 1. The van der Waals surface area contributed by atoms with Crippen molar-refractivity contribution in [2.24, 2.45) is 0 Å². The van der Waals surface area contributed by atoms with Crippen LogP contribution in [0, 0.1) is 0 Å². The average Bonchev–Trinajstić information content (AvgIpc) is 3.12. The van der Waals surface area contributed by atoms with Gasteiger partial charge in [-0.25, -0.2) is 0 Å². The molecule has 3 rings (SSSR count). The number of hydrogen-bond acceptors (Lipinski definition) is 5. The highest BCUT2D eigenvalue weighted by Gasteiger charge is 2.21. The molecule has 1 aliphatic rings. The maximum Gasteiger partial charge on any atom is 0.227 e. The van der Waals surface area contributed by atoms with Gasteiger partial charge in [0.25, 0.3) is 0 Å². The summed E-state index contributed by atoms with van der Waals surface area (Å²) in [5.41, 5.74) is 2.00. The molecule has 1 saturated heterocycles. The first-order chi connectivity index (χ1) is 13.0. The van der Waals surface area contributed by atoms with Crippen LogP contribution in [0.4, 0.5) is 5.69 Å². The number of aromatic hydroxyl groups is 1. The van der Waals surface area contributed by atoms with Gasteiger partial charge in [-0.3, -0.25) is 9.59 Å². The van der Waals surface area contributed by atoms with Gasteiger partial charge in [0.05, 0.1) is 14.2 Å². The molecule has 2 aromatic rings. The molecule has 0 atom stereocenters. The van der Waals surface area contributed by atoms with Crippen molar-refractivity contribution in [2.75, 3.05) is 25.7 Å². The van der Waals surface area contributed by atoms with E-state index in [1.54, 1.807) is 47.4 Å². The van der Waals surface area contributed by atoms with Gasteiger partial charge in [-0.15, -0.1) is 0 Å². The molecule has 1 amide bonds. The summed E-state index contributed by atoms with van der Waals surface area (Å²) >= 11 is 0. The van der Waals surface area contributed by atoms with E-state index in [9.17, 15) is 14.7 Å². The lowest BCUT2D eigenvalue weighted by Gasteiger charge is -2.15. The number of phenols is 1. The quantitative estimate of drug-likeness (QED) is 0.625. The number of allylic oxidation sites excluding steroid dienone is 1.